The minimum absolute atomic E-state index is 0.309. The first-order chi connectivity index (χ1) is 9.53. The van der Waals surface area contributed by atoms with Gasteiger partial charge in [0.15, 0.2) is 0 Å². The minimum Gasteiger partial charge on any atom is -0.383 e. The number of methoxy groups -OCH3 is 1. The molecule has 1 atom stereocenters. The third-order valence-corrected chi connectivity index (χ3v) is 5.73. The summed E-state index contributed by atoms with van der Waals surface area (Å²) in [6, 6.07) is 0.643. The zero-order chi connectivity index (χ0) is 14.6. The average molecular weight is 306 g/mol. The molecule has 0 aromatic rings. The molecule has 0 radical (unpaired) electrons. The van der Waals surface area contributed by atoms with Crippen LogP contribution in [0.15, 0.2) is 0 Å². The Bertz CT molecular complexity index is 396. The predicted molar refractivity (Wildman–Crippen MR) is 77.6 cm³/mol. The molecule has 2 aliphatic rings. The first-order valence-corrected chi connectivity index (χ1v) is 8.70. The van der Waals surface area contributed by atoms with Gasteiger partial charge in [0.05, 0.1) is 6.61 Å². The number of piperidine rings is 1. The fourth-order valence-corrected chi connectivity index (χ4v) is 4.11. The maximum absolute atomic E-state index is 12.1. The Morgan fingerprint density at radius 1 is 1.25 bits per heavy atom. The van der Waals surface area contributed by atoms with E-state index in [1.165, 1.54) is 0 Å². The molecule has 1 unspecified atom stereocenters. The lowest BCUT2D eigenvalue weighted by Gasteiger charge is -2.34. The summed E-state index contributed by atoms with van der Waals surface area (Å²) in [6.07, 6.45) is 2.92. The Morgan fingerprint density at radius 3 is 2.60 bits per heavy atom. The van der Waals surface area contributed by atoms with Crippen molar-refractivity contribution in [3.05, 3.63) is 0 Å². The van der Waals surface area contributed by atoms with Crippen LogP contribution < -0.4 is 10.5 Å². The highest BCUT2D eigenvalue weighted by Gasteiger charge is 2.35. The van der Waals surface area contributed by atoms with Crippen LogP contribution in [-0.2, 0) is 14.9 Å². The lowest BCUT2D eigenvalue weighted by molar-refractivity contribution is 0.158. The van der Waals surface area contributed by atoms with Crippen molar-refractivity contribution in [1.29, 1.82) is 0 Å². The zero-order valence-electron chi connectivity index (χ0n) is 12.1. The van der Waals surface area contributed by atoms with Crippen molar-refractivity contribution in [2.75, 3.05) is 46.4 Å². The largest absolute Gasteiger partial charge is 0.383 e. The van der Waals surface area contributed by atoms with Crippen LogP contribution >= 0.6 is 0 Å². The maximum Gasteiger partial charge on any atom is 0.279 e. The van der Waals surface area contributed by atoms with Gasteiger partial charge in [-0.2, -0.15) is 17.4 Å². The molecule has 7 nitrogen and oxygen atoms in total. The Hall–Kier alpha value is -0.250. The molecular formula is C12H26N4O3S. The van der Waals surface area contributed by atoms with Crippen LogP contribution in [0.4, 0.5) is 0 Å². The van der Waals surface area contributed by atoms with E-state index < -0.39 is 10.2 Å². The monoisotopic (exact) mass is 306 g/mol. The lowest BCUT2D eigenvalue weighted by atomic mass is 10.0. The Labute approximate surface area is 121 Å². The molecule has 8 heteroatoms. The predicted octanol–water partition coefficient (Wildman–Crippen LogP) is -1.04. The number of nitrogens with one attached hydrogen (secondary N) is 1. The van der Waals surface area contributed by atoms with E-state index in [1.54, 1.807) is 11.4 Å². The summed E-state index contributed by atoms with van der Waals surface area (Å²) < 4.78 is 33.2. The Kier molecular flexibility index (Phi) is 5.76. The molecule has 20 heavy (non-hydrogen) atoms. The van der Waals surface area contributed by atoms with Gasteiger partial charge in [-0.15, -0.1) is 0 Å². The Balaban J connectivity index is 1.82. The normalized spacial score (nSPS) is 27.2. The van der Waals surface area contributed by atoms with Crippen LogP contribution in [0, 0.1) is 0 Å². The molecule has 2 fully saturated rings. The highest BCUT2D eigenvalue weighted by Crippen LogP contribution is 2.21. The summed E-state index contributed by atoms with van der Waals surface area (Å²) in [5.74, 6) is 0. The van der Waals surface area contributed by atoms with Crippen molar-refractivity contribution in [3.8, 4) is 0 Å². The minimum atomic E-state index is -3.36. The highest BCUT2D eigenvalue weighted by atomic mass is 32.2. The van der Waals surface area contributed by atoms with E-state index in [9.17, 15) is 8.42 Å². The van der Waals surface area contributed by atoms with Crippen molar-refractivity contribution < 1.29 is 13.2 Å². The summed E-state index contributed by atoms with van der Waals surface area (Å²) in [4.78, 5) is 2.38. The second-order valence-electron chi connectivity index (χ2n) is 5.57. The summed E-state index contributed by atoms with van der Waals surface area (Å²) in [7, 11) is -1.81. The summed E-state index contributed by atoms with van der Waals surface area (Å²) in [5.41, 5.74) is 5.91. The first kappa shape index (κ1) is 16.1. The maximum atomic E-state index is 12.1. The molecule has 118 valence electrons. The number of rotatable bonds is 6. The van der Waals surface area contributed by atoms with Crippen LogP contribution in [0.3, 0.4) is 0 Å². The fourth-order valence-electron chi connectivity index (χ4n) is 2.88. The van der Waals surface area contributed by atoms with Crippen molar-refractivity contribution in [2.24, 2.45) is 5.73 Å². The molecule has 0 aromatic carbocycles. The second-order valence-corrected chi connectivity index (χ2v) is 7.32. The summed E-state index contributed by atoms with van der Waals surface area (Å²) in [6.45, 7) is 3.85. The SMILES string of the molecule is COCCNS(=O)(=O)N1CCC(N2CCC(N)CC2)C1. The van der Waals surface area contributed by atoms with Gasteiger partial charge in [-0.25, -0.2) is 0 Å². The Morgan fingerprint density at radius 2 is 1.95 bits per heavy atom. The molecule has 0 aliphatic carbocycles. The van der Waals surface area contributed by atoms with Gasteiger partial charge in [0.2, 0.25) is 0 Å². The van der Waals surface area contributed by atoms with E-state index in [2.05, 4.69) is 9.62 Å². The third kappa shape index (κ3) is 4.12. The topological polar surface area (TPSA) is 87.9 Å². The van der Waals surface area contributed by atoms with Crippen molar-refractivity contribution in [3.63, 3.8) is 0 Å². The molecule has 3 N–H and O–H groups in total. The smallest absolute Gasteiger partial charge is 0.279 e. The lowest BCUT2D eigenvalue weighted by Crippen LogP contribution is -2.47. The molecule has 2 aliphatic heterocycles. The number of hydrogen-bond donors (Lipinski definition) is 2. The average Bonchev–Trinajstić information content (AvgIpc) is 2.90. The molecule has 2 saturated heterocycles. The molecular weight excluding hydrogens is 280 g/mol. The van der Waals surface area contributed by atoms with E-state index in [0.29, 0.717) is 38.3 Å². The summed E-state index contributed by atoms with van der Waals surface area (Å²) >= 11 is 0. The number of nitrogens with zero attached hydrogens (tertiary/aromatic N) is 2. The first-order valence-electron chi connectivity index (χ1n) is 7.26. The highest BCUT2D eigenvalue weighted by molar-refractivity contribution is 7.87. The standard InChI is InChI=1S/C12H26N4O3S/c1-19-9-5-14-20(17,18)16-8-4-12(10-16)15-6-2-11(13)3-7-15/h11-12,14H,2-10,13H2,1H3. The number of likely N-dealkylation sites (tertiary alicyclic amines) is 1. The number of nitrogens with two attached hydrogens (primary N) is 1. The second kappa shape index (κ2) is 7.15. The molecule has 2 rings (SSSR count). The molecule has 0 saturated carbocycles. The number of hydrogen-bond acceptors (Lipinski definition) is 5. The van der Waals surface area contributed by atoms with E-state index in [4.69, 9.17) is 10.5 Å². The fraction of sp³-hybridized carbons (Fsp3) is 1.00. The third-order valence-electron chi connectivity index (χ3n) is 4.15. The van der Waals surface area contributed by atoms with Crippen LogP contribution in [0.1, 0.15) is 19.3 Å². The van der Waals surface area contributed by atoms with Gasteiger partial charge in [-0.05, 0) is 32.4 Å². The molecule has 0 bridgehead atoms. The summed E-state index contributed by atoms with van der Waals surface area (Å²) in [5, 5.41) is 0. The van der Waals surface area contributed by atoms with Crippen molar-refractivity contribution >= 4 is 10.2 Å². The van der Waals surface area contributed by atoms with Gasteiger partial charge in [-0.1, -0.05) is 0 Å². The van der Waals surface area contributed by atoms with Crippen LogP contribution in [0.5, 0.6) is 0 Å². The van der Waals surface area contributed by atoms with E-state index in [0.717, 1.165) is 32.4 Å². The van der Waals surface area contributed by atoms with Crippen molar-refractivity contribution in [2.45, 2.75) is 31.3 Å². The number of ether oxygens (including phenoxy) is 1. The van der Waals surface area contributed by atoms with Crippen LogP contribution in [0.25, 0.3) is 0 Å². The van der Waals surface area contributed by atoms with Gasteiger partial charge < -0.3 is 10.5 Å². The van der Waals surface area contributed by atoms with Gasteiger partial charge in [0, 0.05) is 38.8 Å². The van der Waals surface area contributed by atoms with E-state index in [-0.39, 0.29) is 0 Å². The van der Waals surface area contributed by atoms with Crippen LogP contribution in [0.2, 0.25) is 0 Å². The molecule has 0 amide bonds. The van der Waals surface area contributed by atoms with Gasteiger partial charge in [-0.3, -0.25) is 4.90 Å². The molecule has 0 aromatic heterocycles. The van der Waals surface area contributed by atoms with E-state index in [1.807, 2.05) is 0 Å². The van der Waals surface area contributed by atoms with Crippen LogP contribution in [-0.4, -0.2) is 76.1 Å². The molecule has 2 heterocycles. The van der Waals surface area contributed by atoms with Gasteiger partial charge >= 0.3 is 0 Å². The van der Waals surface area contributed by atoms with Gasteiger partial charge in [0.1, 0.15) is 0 Å². The zero-order valence-corrected chi connectivity index (χ0v) is 12.9. The van der Waals surface area contributed by atoms with Gasteiger partial charge in [0.25, 0.3) is 10.2 Å². The molecule has 0 spiro atoms. The van der Waals surface area contributed by atoms with Crippen molar-refractivity contribution in [1.82, 2.24) is 13.9 Å². The quantitative estimate of drug-likeness (QED) is 0.612. The van der Waals surface area contributed by atoms with E-state index >= 15 is 0 Å².